The van der Waals surface area contributed by atoms with Gasteiger partial charge in [-0.25, -0.2) is 4.79 Å². The summed E-state index contributed by atoms with van der Waals surface area (Å²) in [5.74, 6) is -0.311. The monoisotopic (exact) mass is 308 g/mol. The number of benzene rings is 1. The van der Waals surface area contributed by atoms with Crippen molar-refractivity contribution in [3.8, 4) is 0 Å². The van der Waals surface area contributed by atoms with Gasteiger partial charge in [-0.3, -0.25) is 0 Å². The minimum Gasteiger partial charge on any atom is -0.462 e. The van der Waals surface area contributed by atoms with Gasteiger partial charge in [-0.1, -0.05) is 31.6 Å². The van der Waals surface area contributed by atoms with Crippen LogP contribution in [0.25, 0.3) is 0 Å². The molecule has 1 aromatic rings. The predicted molar refractivity (Wildman–Crippen MR) is 83.4 cm³/mol. The van der Waals surface area contributed by atoms with E-state index < -0.39 is 6.29 Å². The molecule has 0 saturated heterocycles. The molecule has 122 valence electrons. The molecular weight excluding hydrogens is 284 g/mol. The van der Waals surface area contributed by atoms with Crippen LogP contribution in [-0.4, -0.2) is 37.2 Å². The van der Waals surface area contributed by atoms with Crippen LogP contribution >= 0.6 is 0 Å². The van der Waals surface area contributed by atoms with E-state index in [1.54, 1.807) is 30.3 Å². The third-order valence-electron chi connectivity index (χ3n) is 2.86. The standard InChI is InChI=1S/C17H24O5/c1-3-5-11-22-17(19)15-8-6-14(7-9-15)12-20-13-16(18)21-10-4-2/h4,6-9,16,18H,2-3,5,10-13H2,1H3. The summed E-state index contributed by atoms with van der Waals surface area (Å²) in [6.07, 6.45) is 2.45. The number of unbranched alkanes of at least 4 members (excludes halogenated alkanes) is 1. The molecule has 0 aliphatic rings. The zero-order valence-corrected chi connectivity index (χ0v) is 13.0. The van der Waals surface area contributed by atoms with Crippen LogP contribution < -0.4 is 0 Å². The average Bonchev–Trinajstić information content (AvgIpc) is 2.53. The molecule has 0 aliphatic heterocycles. The van der Waals surface area contributed by atoms with Crippen LogP contribution in [0.2, 0.25) is 0 Å². The van der Waals surface area contributed by atoms with E-state index in [1.165, 1.54) is 0 Å². The van der Waals surface area contributed by atoms with Crippen molar-refractivity contribution in [3.63, 3.8) is 0 Å². The Morgan fingerprint density at radius 3 is 2.73 bits per heavy atom. The summed E-state index contributed by atoms with van der Waals surface area (Å²) in [6.45, 7) is 6.67. The zero-order valence-electron chi connectivity index (χ0n) is 13.0. The van der Waals surface area contributed by atoms with Gasteiger partial charge >= 0.3 is 5.97 Å². The summed E-state index contributed by atoms with van der Waals surface area (Å²) in [6, 6.07) is 7.01. The number of hydrogen-bond acceptors (Lipinski definition) is 5. The number of esters is 1. The molecule has 5 nitrogen and oxygen atoms in total. The number of ether oxygens (including phenoxy) is 3. The van der Waals surface area contributed by atoms with E-state index >= 15 is 0 Å². The minimum absolute atomic E-state index is 0.0780. The second kappa shape index (κ2) is 11.0. The molecule has 0 aromatic heterocycles. The Morgan fingerprint density at radius 1 is 1.36 bits per heavy atom. The van der Waals surface area contributed by atoms with Crippen molar-refractivity contribution in [2.24, 2.45) is 0 Å². The molecule has 0 fully saturated rings. The normalized spacial score (nSPS) is 11.9. The van der Waals surface area contributed by atoms with E-state index in [0.717, 1.165) is 18.4 Å². The fourth-order valence-electron chi connectivity index (χ4n) is 1.63. The summed E-state index contributed by atoms with van der Waals surface area (Å²) in [4.78, 5) is 11.7. The van der Waals surface area contributed by atoms with E-state index in [9.17, 15) is 9.90 Å². The highest BCUT2D eigenvalue weighted by molar-refractivity contribution is 5.89. The first-order valence-electron chi connectivity index (χ1n) is 7.41. The van der Waals surface area contributed by atoms with Crippen LogP contribution in [-0.2, 0) is 20.8 Å². The fraction of sp³-hybridized carbons (Fsp3) is 0.471. The van der Waals surface area contributed by atoms with Crippen molar-refractivity contribution in [1.29, 1.82) is 0 Å². The summed E-state index contributed by atoms with van der Waals surface area (Å²) in [7, 11) is 0. The molecule has 1 rings (SSSR count). The second-order valence-electron chi connectivity index (χ2n) is 4.78. The molecule has 1 N–H and O–H groups in total. The number of carbonyl (C=O) groups is 1. The van der Waals surface area contributed by atoms with Crippen LogP contribution in [0, 0.1) is 0 Å². The van der Waals surface area contributed by atoms with E-state index in [1.807, 2.05) is 6.92 Å². The topological polar surface area (TPSA) is 65.0 Å². The highest BCUT2D eigenvalue weighted by Crippen LogP contribution is 2.08. The van der Waals surface area contributed by atoms with Gasteiger partial charge in [0.2, 0.25) is 0 Å². The van der Waals surface area contributed by atoms with Crippen molar-refractivity contribution in [1.82, 2.24) is 0 Å². The molecule has 0 aliphatic carbocycles. The first-order chi connectivity index (χ1) is 10.7. The van der Waals surface area contributed by atoms with Crippen LogP contribution in [0.15, 0.2) is 36.9 Å². The molecule has 0 radical (unpaired) electrons. The van der Waals surface area contributed by atoms with E-state index in [2.05, 4.69) is 6.58 Å². The molecule has 0 saturated carbocycles. The van der Waals surface area contributed by atoms with Crippen molar-refractivity contribution >= 4 is 5.97 Å². The molecule has 0 spiro atoms. The summed E-state index contributed by atoms with van der Waals surface area (Å²) >= 11 is 0. The van der Waals surface area contributed by atoms with E-state index in [4.69, 9.17) is 14.2 Å². The summed E-state index contributed by atoms with van der Waals surface area (Å²) in [5.41, 5.74) is 1.43. The van der Waals surface area contributed by atoms with Gasteiger partial charge in [-0.15, -0.1) is 6.58 Å². The number of aliphatic hydroxyl groups is 1. The van der Waals surface area contributed by atoms with Gasteiger partial charge in [-0.2, -0.15) is 0 Å². The van der Waals surface area contributed by atoms with Gasteiger partial charge in [0.1, 0.15) is 0 Å². The number of aliphatic hydroxyl groups excluding tert-OH is 1. The molecule has 0 bridgehead atoms. The maximum atomic E-state index is 11.7. The average molecular weight is 308 g/mol. The van der Waals surface area contributed by atoms with Gasteiger partial charge in [-0.05, 0) is 24.1 Å². The molecule has 0 heterocycles. The molecule has 22 heavy (non-hydrogen) atoms. The molecule has 1 atom stereocenters. The quantitative estimate of drug-likeness (QED) is 0.295. The van der Waals surface area contributed by atoms with E-state index in [-0.39, 0.29) is 19.2 Å². The van der Waals surface area contributed by atoms with Crippen molar-refractivity contribution in [3.05, 3.63) is 48.0 Å². The Kier molecular flexibility index (Phi) is 9.14. The highest BCUT2D eigenvalue weighted by Gasteiger charge is 2.07. The smallest absolute Gasteiger partial charge is 0.338 e. The molecular formula is C17H24O5. The maximum Gasteiger partial charge on any atom is 0.338 e. The molecule has 1 aromatic carbocycles. The van der Waals surface area contributed by atoms with Gasteiger partial charge in [0.15, 0.2) is 6.29 Å². The van der Waals surface area contributed by atoms with Gasteiger partial charge in [0.25, 0.3) is 0 Å². The predicted octanol–water partition coefficient (Wildman–Crippen LogP) is 2.68. The zero-order chi connectivity index (χ0) is 16.2. The largest absolute Gasteiger partial charge is 0.462 e. The summed E-state index contributed by atoms with van der Waals surface area (Å²) < 4.78 is 15.4. The Labute approximate surface area is 131 Å². The Balaban J connectivity index is 2.32. The number of carbonyl (C=O) groups excluding carboxylic acids is 1. The lowest BCUT2D eigenvalue weighted by molar-refractivity contribution is -0.132. The van der Waals surface area contributed by atoms with Crippen LogP contribution in [0.5, 0.6) is 0 Å². The van der Waals surface area contributed by atoms with Gasteiger partial charge in [0, 0.05) is 0 Å². The second-order valence-corrected chi connectivity index (χ2v) is 4.78. The van der Waals surface area contributed by atoms with Crippen LogP contribution in [0.3, 0.4) is 0 Å². The number of rotatable bonds is 11. The lowest BCUT2D eigenvalue weighted by Crippen LogP contribution is -2.19. The molecule has 0 amide bonds. The third-order valence-corrected chi connectivity index (χ3v) is 2.86. The molecule has 1 unspecified atom stereocenters. The minimum atomic E-state index is -0.967. The van der Waals surface area contributed by atoms with Crippen molar-refractivity contribution < 1.29 is 24.1 Å². The third kappa shape index (κ3) is 7.36. The molecule has 5 heteroatoms. The van der Waals surface area contributed by atoms with Gasteiger partial charge in [0.05, 0.1) is 32.0 Å². The SMILES string of the molecule is C=CCOC(O)COCc1ccc(C(=O)OCCCC)cc1. The Hall–Kier alpha value is -1.69. The van der Waals surface area contributed by atoms with Crippen molar-refractivity contribution in [2.75, 3.05) is 19.8 Å². The lowest BCUT2D eigenvalue weighted by Gasteiger charge is -2.11. The summed E-state index contributed by atoms with van der Waals surface area (Å²) in [5, 5.41) is 9.42. The van der Waals surface area contributed by atoms with Gasteiger partial charge < -0.3 is 19.3 Å². The fourth-order valence-corrected chi connectivity index (χ4v) is 1.63. The van der Waals surface area contributed by atoms with Crippen LogP contribution in [0.1, 0.15) is 35.7 Å². The maximum absolute atomic E-state index is 11.7. The van der Waals surface area contributed by atoms with Crippen LogP contribution in [0.4, 0.5) is 0 Å². The van der Waals surface area contributed by atoms with E-state index in [0.29, 0.717) is 18.8 Å². The first-order valence-corrected chi connectivity index (χ1v) is 7.41. The Bertz CT molecular complexity index is 441. The first kappa shape index (κ1) is 18.4. The highest BCUT2D eigenvalue weighted by atomic mass is 16.6. The van der Waals surface area contributed by atoms with Crippen molar-refractivity contribution in [2.45, 2.75) is 32.7 Å². The number of hydrogen-bond donors (Lipinski definition) is 1. The lowest BCUT2D eigenvalue weighted by atomic mass is 10.1. The Morgan fingerprint density at radius 2 is 2.09 bits per heavy atom.